The number of methoxy groups -OCH3 is 1. The van der Waals surface area contributed by atoms with E-state index in [1.165, 1.54) is 0 Å². The highest BCUT2D eigenvalue weighted by molar-refractivity contribution is 5.94. The maximum Gasteiger partial charge on any atom is 0.309 e. The van der Waals surface area contributed by atoms with Crippen LogP contribution in [0.25, 0.3) is 0 Å². The molecule has 0 aromatic heterocycles. The van der Waals surface area contributed by atoms with Gasteiger partial charge in [-0.1, -0.05) is 33.8 Å². The summed E-state index contributed by atoms with van der Waals surface area (Å²) < 4.78 is 10.3. The minimum Gasteiger partial charge on any atom is -0.495 e. The van der Waals surface area contributed by atoms with E-state index in [0.29, 0.717) is 17.4 Å². The first-order valence-electron chi connectivity index (χ1n) is 7.87. The van der Waals surface area contributed by atoms with E-state index >= 15 is 0 Å². The third-order valence-corrected chi connectivity index (χ3v) is 4.10. The van der Waals surface area contributed by atoms with Crippen LogP contribution in [0.2, 0.25) is 0 Å². The van der Waals surface area contributed by atoms with E-state index in [2.05, 4.69) is 26.1 Å². The summed E-state index contributed by atoms with van der Waals surface area (Å²) in [5.74, 6) is 0.253. The number of carbonyl (C=O) groups is 2. The number of anilines is 1. The number of nitrogens with one attached hydrogen (secondary N) is 1. The van der Waals surface area contributed by atoms with Gasteiger partial charge in [0.05, 0.1) is 18.7 Å². The molecule has 1 aliphatic carbocycles. The average Bonchev–Trinajstić information content (AvgIpc) is 3.21. The average molecular weight is 319 g/mol. The summed E-state index contributed by atoms with van der Waals surface area (Å²) in [5, 5.41) is 2.76. The summed E-state index contributed by atoms with van der Waals surface area (Å²) in [6, 6.07) is 5.69. The van der Waals surface area contributed by atoms with Crippen LogP contribution < -0.4 is 10.1 Å². The van der Waals surface area contributed by atoms with Gasteiger partial charge in [0.15, 0.2) is 6.61 Å². The van der Waals surface area contributed by atoms with Crippen molar-refractivity contribution in [3.63, 3.8) is 0 Å². The van der Waals surface area contributed by atoms with E-state index in [0.717, 1.165) is 12.0 Å². The van der Waals surface area contributed by atoms with E-state index < -0.39 is 0 Å². The first-order valence-corrected chi connectivity index (χ1v) is 7.87. The summed E-state index contributed by atoms with van der Waals surface area (Å²) in [5.41, 5.74) is 1.62. The van der Waals surface area contributed by atoms with Gasteiger partial charge in [-0.2, -0.15) is 0 Å². The number of carbonyl (C=O) groups excluding carboxylic acids is 2. The Kier molecular flexibility index (Phi) is 4.97. The molecule has 126 valence electrons. The number of rotatable bonds is 5. The number of amides is 1. The van der Waals surface area contributed by atoms with Crippen LogP contribution >= 0.6 is 0 Å². The van der Waals surface area contributed by atoms with E-state index in [4.69, 9.17) is 9.47 Å². The smallest absolute Gasteiger partial charge is 0.309 e. The molecule has 0 bridgehead atoms. The van der Waals surface area contributed by atoms with Crippen molar-refractivity contribution in [3.8, 4) is 5.75 Å². The minimum atomic E-state index is -0.365. The number of hydrogen-bond acceptors (Lipinski definition) is 4. The van der Waals surface area contributed by atoms with E-state index in [1.807, 2.05) is 25.1 Å². The van der Waals surface area contributed by atoms with E-state index in [-0.39, 0.29) is 29.8 Å². The van der Waals surface area contributed by atoms with Crippen LogP contribution in [0.3, 0.4) is 0 Å². The maximum atomic E-state index is 12.0. The van der Waals surface area contributed by atoms with Crippen molar-refractivity contribution in [1.29, 1.82) is 0 Å². The zero-order valence-electron chi connectivity index (χ0n) is 14.4. The quantitative estimate of drug-likeness (QED) is 0.847. The molecule has 1 aromatic rings. The van der Waals surface area contributed by atoms with Crippen LogP contribution in [0.4, 0.5) is 5.69 Å². The molecule has 1 aliphatic rings. The second-order valence-electron chi connectivity index (χ2n) is 7.14. The normalized spacial score (nSPS) is 19.9. The van der Waals surface area contributed by atoms with Gasteiger partial charge in [-0.05, 0) is 35.4 Å². The van der Waals surface area contributed by atoms with Gasteiger partial charge in [0.1, 0.15) is 5.75 Å². The molecule has 0 radical (unpaired) electrons. The molecular weight excluding hydrogens is 294 g/mol. The van der Waals surface area contributed by atoms with Crippen molar-refractivity contribution < 1.29 is 19.1 Å². The Morgan fingerprint density at radius 2 is 1.96 bits per heavy atom. The van der Waals surface area contributed by atoms with Crippen LogP contribution in [-0.2, 0) is 19.7 Å². The first kappa shape index (κ1) is 17.3. The Morgan fingerprint density at radius 3 is 2.48 bits per heavy atom. The van der Waals surface area contributed by atoms with Crippen molar-refractivity contribution in [2.75, 3.05) is 19.0 Å². The van der Waals surface area contributed by atoms with E-state index in [9.17, 15) is 9.59 Å². The lowest BCUT2D eigenvalue weighted by Gasteiger charge is -2.21. The van der Waals surface area contributed by atoms with Gasteiger partial charge < -0.3 is 14.8 Å². The van der Waals surface area contributed by atoms with Gasteiger partial charge in [-0.25, -0.2) is 0 Å². The molecule has 0 aliphatic heterocycles. The summed E-state index contributed by atoms with van der Waals surface area (Å²) in [7, 11) is 1.55. The molecule has 5 heteroatoms. The highest BCUT2D eigenvalue weighted by atomic mass is 16.5. The van der Waals surface area contributed by atoms with Gasteiger partial charge in [-0.3, -0.25) is 9.59 Å². The Labute approximate surface area is 137 Å². The molecule has 5 nitrogen and oxygen atoms in total. The standard InChI is InChI=1S/C18H25NO4/c1-11-8-13(11)17(21)23-10-16(20)19-14-9-12(18(2,3)4)6-7-15(14)22-5/h6-7,9,11,13H,8,10H2,1-5H3,(H,19,20)/t11-,13+/m0/s1. The second-order valence-corrected chi connectivity index (χ2v) is 7.14. The lowest BCUT2D eigenvalue weighted by Crippen LogP contribution is -2.22. The molecule has 1 N–H and O–H groups in total. The molecule has 0 heterocycles. The monoisotopic (exact) mass is 319 g/mol. The van der Waals surface area contributed by atoms with Gasteiger partial charge in [0.25, 0.3) is 5.91 Å². The first-order chi connectivity index (χ1) is 10.7. The highest BCUT2D eigenvalue weighted by Gasteiger charge is 2.40. The highest BCUT2D eigenvalue weighted by Crippen LogP contribution is 2.38. The van der Waals surface area contributed by atoms with Gasteiger partial charge >= 0.3 is 5.97 Å². The van der Waals surface area contributed by atoms with Crippen molar-refractivity contribution in [3.05, 3.63) is 23.8 Å². The van der Waals surface area contributed by atoms with Crippen LogP contribution in [0, 0.1) is 11.8 Å². The fourth-order valence-corrected chi connectivity index (χ4v) is 2.35. The third kappa shape index (κ3) is 4.47. The number of ether oxygens (including phenoxy) is 2. The Balaban J connectivity index is 2.00. The molecule has 1 saturated carbocycles. The van der Waals surface area contributed by atoms with Crippen molar-refractivity contribution in [2.45, 2.75) is 39.5 Å². The van der Waals surface area contributed by atoms with Crippen LogP contribution in [0.1, 0.15) is 39.7 Å². The number of hydrogen-bond donors (Lipinski definition) is 1. The molecule has 0 unspecified atom stereocenters. The largest absolute Gasteiger partial charge is 0.495 e. The topological polar surface area (TPSA) is 64.6 Å². The molecule has 1 amide bonds. The van der Waals surface area contributed by atoms with Crippen molar-refractivity contribution in [2.24, 2.45) is 11.8 Å². The number of esters is 1. The minimum absolute atomic E-state index is 0.0402. The van der Waals surface area contributed by atoms with Gasteiger partial charge in [-0.15, -0.1) is 0 Å². The fourth-order valence-electron chi connectivity index (χ4n) is 2.35. The number of benzene rings is 1. The third-order valence-electron chi connectivity index (χ3n) is 4.10. The molecule has 2 atom stereocenters. The molecule has 0 saturated heterocycles. The SMILES string of the molecule is COc1ccc(C(C)(C)C)cc1NC(=O)COC(=O)[C@@H]1C[C@@H]1C. The summed E-state index contributed by atoms with van der Waals surface area (Å²) in [6.45, 7) is 8.01. The zero-order valence-corrected chi connectivity index (χ0v) is 14.4. The Hall–Kier alpha value is -2.04. The molecule has 2 rings (SSSR count). The van der Waals surface area contributed by atoms with Gasteiger partial charge in [0, 0.05) is 0 Å². The van der Waals surface area contributed by atoms with Gasteiger partial charge in [0.2, 0.25) is 0 Å². The molecule has 23 heavy (non-hydrogen) atoms. The molecule has 1 aromatic carbocycles. The van der Waals surface area contributed by atoms with Crippen LogP contribution in [-0.4, -0.2) is 25.6 Å². The Morgan fingerprint density at radius 1 is 1.30 bits per heavy atom. The van der Waals surface area contributed by atoms with E-state index in [1.54, 1.807) is 7.11 Å². The predicted octanol–water partition coefficient (Wildman–Crippen LogP) is 3.13. The zero-order chi connectivity index (χ0) is 17.2. The lowest BCUT2D eigenvalue weighted by molar-refractivity contribution is -0.148. The molecule has 1 fully saturated rings. The summed E-state index contributed by atoms with van der Waals surface area (Å²) in [4.78, 5) is 23.7. The maximum absolute atomic E-state index is 12.0. The second kappa shape index (κ2) is 6.60. The summed E-state index contributed by atoms with van der Waals surface area (Å²) >= 11 is 0. The molecular formula is C18H25NO4. The van der Waals surface area contributed by atoms with Crippen molar-refractivity contribution in [1.82, 2.24) is 0 Å². The fraction of sp³-hybridized carbons (Fsp3) is 0.556. The van der Waals surface area contributed by atoms with Crippen LogP contribution in [0.5, 0.6) is 5.75 Å². The summed E-state index contributed by atoms with van der Waals surface area (Å²) in [6.07, 6.45) is 0.849. The molecule has 0 spiro atoms. The lowest BCUT2D eigenvalue weighted by atomic mass is 9.87. The van der Waals surface area contributed by atoms with Crippen molar-refractivity contribution >= 4 is 17.6 Å². The predicted molar refractivity (Wildman–Crippen MR) is 88.6 cm³/mol. The Bertz CT molecular complexity index is 604. The van der Waals surface area contributed by atoms with Crippen LogP contribution in [0.15, 0.2) is 18.2 Å².